The van der Waals surface area contributed by atoms with Crippen molar-refractivity contribution in [3.8, 4) is 0 Å². The number of nitrogens with zero attached hydrogens (tertiary/aromatic N) is 2. The Balaban J connectivity index is -0.0000168. The van der Waals surface area contributed by atoms with Gasteiger partial charge in [-0.2, -0.15) is 0 Å². The molecule has 0 aromatic carbocycles. The van der Waals surface area contributed by atoms with Crippen LogP contribution in [0.2, 0.25) is 51.4 Å². The Labute approximate surface area is 417 Å². The van der Waals surface area contributed by atoms with Crippen molar-refractivity contribution < 1.29 is 110 Å². The van der Waals surface area contributed by atoms with E-state index in [-0.39, 0.29) is 78.9 Å². The van der Waals surface area contributed by atoms with Gasteiger partial charge in [-0.1, -0.05) is 6.10 Å². The van der Waals surface area contributed by atoms with Crippen molar-refractivity contribution >= 4 is 35.3 Å². The third kappa shape index (κ3) is 44.2. The van der Waals surface area contributed by atoms with Crippen molar-refractivity contribution in [1.29, 1.82) is 0 Å². The molecule has 12 N–H and O–H groups in total. The molecule has 0 aromatic heterocycles. The van der Waals surface area contributed by atoms with Gasteiger partial charge in [-0.25, -0.2) is 8.42 Å². The molecule has 0 spiro atoms. The first-order chi connectivity index (χ1) is 27.6. The van der Waals surface area contributed by atoms with Gasteiger partial charge in [0.2, 0.25) is 0 Å². The van der Waals surface area contributed by atoms with Gasteiger partial charge in [-0.05, 0) is 70.8 Å². The second-order valence-electron chi connectivity index (χ2n) is 16.9. The van der Waals surface area contributed by atoms with Gasteiger partial charge in [0.25, 0.3) is 0 Å². The molecule has 0 fully saturated rings. The van der Waals surface area contributed by atoms with Gasteiger partial charge < -0.3 is 82.3 Å². The van der Waals surface area contributed by atoms with Crippen LogP contribution in [0.25, 0.3) is 0 Å². The van der Waals surface area contributed by atoms with E-state index in [9.17, 15) is 33.4 Å². The molecule has 61 heavy (non-hydrogen) atoms. The van der Waals surface area contributed by atoms with E-state index >= 15 is 0 Å². The van der Waals surface area contributed by atoms with Gasteiger partial charge in [0.1, 0.15) is 0 Å². The maximum Gasteiger partial charge on any atom is 1.00 e. The number of hydrogen-bond acceptors (Lipinski definition) is 19. The SMILES string of the molecule is [CH2-]C(O)CNCCN(CCN)CCNCC(O)COCCC[Si](C)(C)O[Si](C)(C)O[Si](C)(C)CCCOCC(O)CNCCN(CCN)CCNCC(O)CS(=O)(=O)[O-].[Na+].[Na+]. The summed E-state index contributed by atoms with van der Waals surface area (Å²) in [6, 6.07) is 1.86. The largest absolute Gasteiger partial charge is 1.00 e. The molecule has 4 atom stereocenters. The number of aliphatic hydroxyl groups is 4. The van der Waals surface area contributed by atoms with Crippen LogP contribution in [-0.4, -0.2) is 230 Å². The first kappa shape index (κ1) is 67.2. The first-order valence-electron chi connectivity index (χ1n) is 21.3. The van der Waals surface area contributed by atoms with Crippen molar-refractivity contribution in [2.45, 2.75) is 88.6 Å². The molecule has 0 amide bonds. The molecular weight excluding hydrogens is 883 g/mol. The molecule has 0 rings (SSSR count). The maximum atomic E-state index is 10.7. The molecule has 25 heteroatoms. The number of aliphatic hydroxyl groups excluding tert-OH is 4. The molecule has 0 aromatic rings. The average Bonchev–Trinajstić information content (AvgIpc) is 3.09. The number of rotatable bonds is 42. The summed E-state index contributed by atoms with van der Waals surface area (Å²) in [6.45, 7) is 27.6. The smallest absolute Gasteiger partial charge is 0.748 e. The predicted molar refractivity (Wildman–Crippen MR) is 242 cm³/mol. The van der Waals surface area contributed by atoms with E-state index in [1.165, 1.54) is 0 Å². The van der Waals surface area contributed by atoms with Gasteiger partial charge in [-0.3, -0.25) is 9.80 Å². The number of nitrogens with one attached hydrogen (secondary N) is 4. The van der Waals surface area contributed by atoms with E-state index in [1.807, 2.05) is 0 Å². The summed E-state index contributed by atoms with van der Waals surface area (Å²) < 4.78 is 57.3. The average molecular weight is 969 g/mol. The van der Waals surface area contributed by atoms with Crippen LogP contribution < -0.4 is 91.8 Å². The third-order valence-corrected chi connectivity index (χ3v) is 21.3. The number of hydrogen-bond donors (Lipinski definition) is 10. The number of nitrogens with two attached hydrogens (primary N) is 2. The van der Waals surface area contributed by atoms with Crippen LogP contribution in [0.5, 0.6) is 0 Å². The fraction of sp³-hybridized carbons (Fsp3) is 0.972. The Morgan fingerprint density at radius 3 is 1.30 bits per heavy atom. The Kier molecular flexibility index (Phi) is 42.8. The standard InChI is InChI=1S/C36H87N8O11SSi3.2Na/c1-33(45)26-39-12-18-43(16-10-37)19-13-40-27-34(46)30-52-22-8-24-57(2,3)54-59(6,7)55-58(4,5)25-9-23-53-31-35(47)28-41-14-20-44(17-11-38)21-15-42-29-36(48)32-56(49,50)51;;/h33-36,39-42,45-48H,1,8-32,37-38H2,2-7H3,(H,49,50,51);;/q-1;2*+1/p-1. The third-order valence-electron chi connectivity index (χ3n) is 9.03. The zero-order valence-corrected chi connectivity index (χ0v) is 47.1. The summed E-state index contributed by atoms with van der Waals surface area (Å²) in [7, 11) is -10.9. The Morgan fingerprint density at radius 1 is 0.623 bits per heavy atom. The molecule has 0 aliphatic rings. The van der Waals surface area contributed by atoms with E-state index in [0.717, 1.165) is 57.7 Å². The second kappa shape index (κ2) is 38.8. The fourth-order valence-corrected chi connectivity index (χ4v) is 21.1. The Morgan fingerprint density at radius 2 is 0.967 bits per heavy atom. The molecule has 0 aliphatic heterocycles. The predicted octanol–water partition coefficient (Wildman–Crippen LogP) is -8.34. The minimum atomic E-state index is -4.47. The van der Waals surface area contributed by atoms with Gasteiger partial charge in [0, 0.05) is 111 Å². The summed E-state index contributed by atoms with van der Waals surface area (Å²) in [5, 5.41) is 52.3. The van der Waals surface area contributed by atoms with Crippen molar-refractivity contribution in [2.75, 3.05) is 137 Å². The van der Waals surface area contributed by atoms with Crippen molar-refractivity contribution in [3.63, 3.8) is 0 Å². The van der Waals surface area contributed by atoms with Crippen LogP contribution in [0.3, 0.4) is 0 Å². The van der Waals surface area contributed by atoms with Crippen molar-refractivity contribution in [3.05, 3.63) is 6.92 Å². The normalized spacial score (nSPS) is 14.8. The van der Waals surface area contributed by atoms with E-state index < -0.39 is 65.5 Å². The van der Waals surface area contributed by atoms with Gasteiger partial charge >= 0.3 is 67.7 Å². The molecule has 0 saturated heterocycles. The van der Waals surface area contributed by atoms with Crippen LogP contribution in [0.1, 0.15) is 12.8 Å². The molecule has 356 valence electrons. The van der Waals surface area contributed by atoms with Gasteiger partial charge in [0.05, 0.1) is 47.4 Å². The van der Waals surface area contributed by atoms with E-state index in [0.29, 0.717) is 78.7 Å². The van der Waals surface area contributed by atoms with Crippen LogP contribution in [0.4, 0.5) is 0 Å². The Bertz CT molecular complexity index is 1140. The maximum absolute atomic E-state index is 10.7. The molecular formula is C36H86N8Na2O11SSi3. The molecule has 4 unspecified atom stereocenters. The van der Waals surface area contributed by atoms with Crippen LogP contribution >= 0.6 is 0 Å². The molecule has 0 saturated carbocycles. The van der Waals surface area contributed by atoms with Gasteiger partial charge in [0.15, 0.2) is 16.6 Å². The van der Waals surface area contributed by atoms with Crippen LogP contribution in [-0.2, 0) is 27.8 Å². The fourth-order valence-electron chi connectivity index (χ4n) is 6.56. The zero-order valence-electron chi connectivity index (χ0n) is 39.3. The van der Waals surface area contributed by atoms with E-state index in [4.69, 9.17) is 29.2 Å². The summed E-state index contributed by atoms with van der Waals surface area (Å²) >= 11 is 0. The quantitative estimate of drug-likeness (QED) is 0.0118. The summed E-state index contributed by atoms with van der Waals surface area (Å²) in [4.78, 5) is 4.35. The molecule has 0 heterocycles. The van der Waals surface area contributed by atoms with E-state index in [2.05, 4.69) is 77.3 Å². The van der Waals surface area contributed by atoms with Crippen LogP contribution in [0.15, 0.2) is 0 Å². The van der Waals surface area contributed by atoms with Crippen LogP contribution in [0, 0.1) is 6.92 Å². The summed E-state index contributed by atoms with van der Waals surface area (Å²) in [6.07, 6.45) is -1.40. The van der Waals surface area contributed by atoms with Gasteiger partial charge in [-0.15, -0.1) is 0 Å². The number of ether oxygens (including phenoxy) is 2. The summed E-state index contributed by atoms with van der Waals surface area (Å²) in [5.41, 5.74) is 11.5. The van der Waals surface area contributed by atoms with Crippen molar-refractivity contribution in [1.82, 2.24) is 31.1 Å². The monoisotopic (exact) mass is 969 g/mol. The molecule has 0 aliphatic carbocycles. The van der Waals surface area contributed by atoms with E-state index in [1.54, 1.807) is 0 Å². The molecule has 0 bridgehead atoms. The molecule has 19 nitrogen and oxygen atoms in total. The first-order valence-corrected chi connectivity index (χ1v) is 31.9. The minimum absolute atomic E-state index is 0. The summed E-state index contributed by atoms with van der Waals surface area (Å²) in [5.74, 6) is -0.816. The minimum Gasteiger partial charge on any atom is -0.748 e. The molecule has 0 radical (unpaired) electrons. The topological polar surface area (TPSA) is 282 Å². The zero-order chi connectivity index (χ0) is 44.8. The van der Waals surface area contributed by atoms with Crippen molar-refractivity contribution in [2.24, 2.45) is 11.5 Å². The second-order valence-corrected chi connectivity index (χ2v) is 30.8. The Hall–Kier alpha value is 1.92.